The molecule has 0 aromatic carbocycles. The summed E-state index contributed by atoms with van der Waals surface area (Å²) in [7, 11) is 0. The van der Waals surface area contributed by atoms with Crippen LogP contribution in [0.4, 0.5) is 0 Å². The molecule has 1 aliphatic heterocycles. The van der Waals surface area contributed by atoms with Gasteiger partial charge in [0.05, 0.1) is 0 Å². The van der Waals surface area contributed by atoms with Crippen LogP contribution in [0.25, 0.3) is 0 Å². The number of hydrogen-bond donors (Lipinski definition) is 1. The molecule has 0 aromatic heterocycles. The maximum atomic E-state index is 3.86. The fourth-order valence-corrected chi connectivity index (χ4v) is 2.65. The molecule has 0 amide bonds. The summed E-state index contributed by atoms with van der Waals surface area (Å²) in [4.78, 5) is 5.12. The topological polar surface area (TPSA) is 18.5 Å². The Morgan fingerprint density at radius 3 is 2.53 bits per heavy atom. The third-order valence-electron chi connectivity index (χ3n) is 3.51. The van der Waals surface area contributed by atoms with Crippen molar-refractivity contribution in [2.75, 3.05) is 45.8 Å². The van der Waals surface area contributed by atoms with Crippen LogP contribution in [0.2, 0.25) is 0 Å². The molecular weight excluding hydrogens is 210 g/mol. The van der Waals surface area contributed by atoms with E-state index in [9.17, 15) is 0 Å². The van der Waals surface area contributed by atoms with Gasteiger partial charge in [0.1, 0.15) is 0 Å². The molecular formula is C14H29N3. The zero-order valence-corrected chi connectivity index (χ0v) is 11.8. The molecule has 1 rings (SSSR count). The molecule has 1 N–H and O–H groups in total. The van der Waals surface area contributed by atoms with E-state index in [1.165, 1.54) is 26.1 Å². The predicted molar refractivity (Wildman–Crippen MR) is 75.4 cm³/mol. The molecule has 1 heterocycles. The second-order valence-electron chi connectivity index (χ2n) is 5.57. The van der Waals surface area contributed by atoms with E-state index >= 15 is 0 Å². The van der Waals surface area contributed by atoms with Gasteiger partial charge in [0.2, 0.25) is 0 Å². The predicted octanol–water partition coefficient (Wildman–Crippen LogP) is 1.57. The highest BCUT2D eigenvalue weighted by molar-refractivity contribution is 4.89. The number of nitrogens with zero attached hydrogens (tertiary/aromatic N) is 2. The lowest BCUT2D eigenvalue weighted by atomic mass is 10.0. The Labute approximate surface area is 107 Å². The first-order valence-corrected chi connectivity index (χ1v) is 6.89. The van der Waals surface area contributed by atoms with E-state index in [0.29, 0.717) is 0 Å². The number of hydrogen-bond acceptors (Lipinski definition) is 3. The fraction of sp³-hybridized carbons (Fsp3) is 0.857. The lowest BCUT2D eigenvalue weighted by Crippen LogP contribution is -2.57. The maximum Gasteiger partial charge on any atom is 0.0281 e. The highest BCUT2D eigenvalue weighted by atomic mass is 15.3. The molecule has 1 saturated heterocycles. The van der Waals surface area contributed by atoms with Crippen molar-refractivity contribution >= 4 is 0 Å². The Morgan fingerprint density at radius 2 is 2.00 bits per heavy atom. The van der Waals surface area contributed by atoms with Crippen LogP contribution < -0.4 is 5.32 Å². The molecule has 0 aromatic rings. The highest BCUT2D eigenvalue weighted by Crippen LogP contribution is 2.17. The number of rotatable bonds is 7. The Kier molecular flexibility index (Phi) is 6.17. The van der Waals surface area contributed by atoms with Gasteiger partial charge in [-0.3, -0.25) is 9.80 Å². The normalized spacial score (nSPS) is 18.6. The summed E-state index contributed by atoms with van der Waals surface area (Å²) in [5, 5.41) is 3.42. The van der Waals surface area contributed by atoms with Crippen LogP contribution in [-0.2, 0) is 0 Å². The van der Waals surface area contributed by atoms with Crippen LogP contribution in [0, 0.1) is 0 Å². The van der Waals surface area contributed by atoms with Gasteiger partial charge in [-0.2, -0.15) is 0 Å². The van der Waals surface area contributed by atoms with Gasteiger partial charge in [-0.1, -0.05) is 13.0 Å². The van der Waals surface area contributed by atoms with Crippen LogP contribution in [0.3, 0.4) is 0 Å². The Balaban J connectivity index is 2.51. The average Bonchev–Trinajstić information content (AvgIpc) is 2.30. The Morgan fingerprint density at radius 1 is 1.35 bits per heavy atom. The van der Waals surface area contributed by atoms with Gasteiger partial charge >= 0.3 is 0 Å². The van der Waals surface area contributed by atoms with Crippen molar-refractivity contribution in [3.8, 4) is 0 Å². The fourth-order valence-electron chi connectivity index (χ4n) is 2.65. The largest absolute Gasteiger partial charge is 0.314 e. The average molecular weight is 239 g/mol. The molecule has 3 heteroatoms. The van der Waals surface area contributed by atoms with Crippen LogP contribution in [-0.4, -0.2) is 61.2 Å². The van der Waals surface area contributed by atoms with E-state index < -0.39 is 0 Å². The van der Waals surface area contributed by atoms with Crippen LogP contribution >= 0.6 is 0 Å². The Hall–Kier alpha value is -0.380. The summed E-state index contributed by atoms with van der Waals surface area (Å²) < 4.78 is 0. The molecule has 0 atom stereocenters. The van der Waals surface area contributed by atoms with Crippen molar-refractivity contribution in [3.63, 3.8) is 0 Å². The summed E-state index contributed by atoms with van der Waals surface area (Å²) in [5.41, 5.74) is 0.264. The molecule has 17 heavy (non-hydrogen) atoms. The molecule has 0 spiro atoms. The standard InChI is InChI=1S/C14H29N3/c1-5-9-16(10-6-2)13-14(3,4)17-11-7-15-8-12-17/h5,15H,1,6-13H2,2-4H3. The van der Waals surface area contributed by atoms with E-state index in [1.807, 2.05) is 6.08 Å². The van der Waals surface area contributed by atoms with Crippen molar-refractivity contribution in [2.45, 2.75) is 32.7 Å². The molecule has 0 radical (unpaired) electrons. The number of piperazine rings is 1. The van der Waals surface area contributed by atoms with Crippen LogP contribution in [0.15, 0.2) is 12.7 Å². The van der Waals surface area contributed by atoms with Crippen LogP contribution in [0.1, 0.15) is 27.2 Å². The van der Waals surface area contributed by atoms with Crippen molar-refractivity contribution < 1.29 is 0 Å². The minimum atomic E-state index is 0.264. The lowest BCUT2D eigenvalue weighted by molar-refractivity contribution is 0.0669. The van der Waals surface area contributed by atoms with Crippen LogP contribution in [0.5, 0.6) is 0 Å². The van der Waals surface area contributed by atoms with Gasteiger partial charge < -0.3 is 5.32 Å². The molecule has 3 nitrogen and oxygen atoms in total. The zero-order chi connectivity index (χ0) is 12.7. The van der Waals surface area contributed by atoms with Crippen molar-refractivity contribution in [2.24, 2.45) is 0 Å². The molecule has 100 valence electrons. The molecule has 1 aliphatic rings. The molecule has 0 bridgehead atoms. The third-order valence-corrected chi connectivity index (χ3v) is 3.51. The van der Waals surface area contributed by atoms with E-state index in [4.69, 9.17) is 0 Å². The summed E-state index contributed by atoms with van der Waals surface area (Å²) in [5.74, 6) is 0. The van der Waals surface area contributed by atoms with E-state index in [2.05, 4.69) is 42.5 Å². The first-order valence-electron chi connectivity index (χ1n) is 6.89. The molecule has 1 fully saturated rings. The number of nitrogens with one attached hydrogen (secondary N) is 1. The summed E-state index contributed by atoms with van der Waals surface area (Å²) in [6.45, 7) is 18.7. The van der Waals surface area contributed by atoms with Gasteiger partial charge in [0.15, 0.2) is 0 Å². The first kappa shape index (κ1) is 14.7. The van der Waals surface area contributed by atoms with Crippen molar-refractivity contribution in [1.29, 1.82) is 0 Å². The quantitative estimate of drug-likeness (QED) is 0.680. The monoisotopic (exact) mass is 239 g/mol. The molecule has 0 saturated carbocycles. The zero-order valence-electron chi connectivity index (χ0n) is 11.8. The molecule has 0 aliphatic carbocycles. The van der Waals surface area contributed by atoms with Crippen molar-refractivity contribution in [3.05, 3.63) is 12.7 Å². The van der Waals surface area contributed by atoms with Gasteiger partial charge in [-0.15, -0.1) is 6.58 Å². The van der Waals surface area contributed by atoms with Gasteiger partial charge in [-0.05, 0) is 26.8 Å². The van der Waals surface area contributed by atoms with E-state index in [0.717, 1.165) is 26.2 Å². The molecule has 0 unspecified atom stereocenters. The Bertz CT molecular complexity index is 220. The SMILES string of the molecule is C=CCN(CCC)CC(C)(C)N1CCNCC1. The van der Waals surface area contributed by atoms with Gasteiger partial charge in [-0.25, -0.2) is 0 Å². The minimum absolute atomic E-state index is 0.264. The summed E-state index contributed by atoms with van der Waals surface area (Å²) >= 11 is 0. The van der Waals surface area contributed by atoms with Gasteiger partial charge in [0.25, 0.3) is 0 Å². The van der Waals surface area contributed by atoms with E-state index in [-0.39, 0.29) is 5.54 Å². The lowest BCUT2D eigenvalue weighted by Gasteiger charge is -2.43. The second-order valence-corrected chi connectivity index (χ2v) is 5.57. The first-order chi connectivity index (χ1) is 8.10. The summed E-state index contributed by atoms with van der Waals surface area (Å²) in [6, 6.07) is 0. The highest BCUT2D eigenvalue weighted by Gasteiger charge is 2.29. The minimum Gasteiger partial charge on any atom is -0.314 e. The van der Waals surface area contributed by atoms with Crippen molar-refractivity contribution in [1.82, 2.24) is 15.1 Å². The smallest absolute Gasteiger partial charge is 0.0281 e. The van der Waals surface area contributed by atoms with Gasteiger partial charge in [0, 0.05) is 44.8 Å². The van der Waals surface area contributed by atoms with E-state index in [1.54, 1.807) is 0 Å². The summed E-state index contributed by atoms with van der Waals surface area (Å²) in [6.07, 6.45) is 3.23. The maximum absolute atomic E-state index is 3.86. The third kappa shape index (κ3) is 4.78. The second kappa shape index (κ2) is 7.14.